The normalized spacial score (nSPS) is 11.1. The van der Waals surface area contributed by atoms with Gasteiger partial charge in [-0.2, -0.15) is 5.10 Å². The number of hydrogen-bond acceptors (Lipinski definition) is 3. The molecule has 3 rings (SSSR count). The molecule has 1 N–H and O–H groups in total. The molecule has 0 fully saturated rings. The molecule has 0 radical (unpaired) electrons. The maximum absolute atomic E-state index is 11.8. The van der Waals surface area contributed by atoms with Crippen molar-refractivity contribution in [3.05, 3.63) is 46.8 Å². The highest BCUT2D eigenvalue weighted by molar-refractivity contribution is 5.70. The van der Waals surface area contributed by atoms with E-state index in [-0.39, 0.29) is 5.69 Å². The average Bonchev–Trinajstić information content (AvgIpc) is 2.85. The third-order valence-corrected chi connectivity index (χ3v) is 2.64. The van der Waals surface area contributed by atoms with Gasteiger partial charge >= 0.3 is 5.69 Å². The van der Waals surface area contributed by atoms with Crippen LogP contribution in [-0.2, 0) is 13.6 Å². The smallest absolute Gasteiger partial charge is 0.290 e. The molecular formula is C11H11N5O. The lowest BCUT2D eigenvalue weighted by Crippen LogP contribution is -2.17. The van der Waals surface area contributed by atoms with Crippen molar-refractivity contribution < 1.29 is 0 Å². The second kappa shape index (κ2) is 3.58. The van der Waals surface area contributed by atoms with Crippen LogP contribution >= 0.6 is 0 Å². The Morgan fingerprint density at radius 2 is 2.29 bits per heavy atom. The van der Waals surface area contributed by atoms with Gasteiger partial charge in [0.05, 0.1) is 17.8 Å². The standard InChI is InChI=1S/C11H11N5O/c1-15-6-4-8(14-15)7-16-9-3-2-5-12-10(9)13-11(16)17/h2-6H,7H2,1H3,(H,12,13,17). The summed E-state index contributed by atoms with van der Waals surface area (Å²) in [6.07, 6.45) is 3.51. The summed E-state index contributed by atoms with van der Waals surface area (Å²) in [5.74, 6) is 0. The summed E-state index contributed by atoms with van der Waals surface area (Å²) < 4.78 is 3.35. The van der Waals surface area contributed by atoms with E-state index in [0.29, 0.717) is 12.2 Å². The minimum atomic E-state index is -0.163. The molecule has 0 bridgehead atoms. The van der Waals surface area contributed by atoms with E-state index < -0.39 is 0 Å². The number of fused-ring (bicyclic) bond motifs is 1. The molecule has 0 aromatic carbocycles. The Bertz CT molecular complexity index is 721. The minimum Gasteiger partial charge on any atom is -0.290 e. The molecule has 0 aliphatic heterocycles. The lowest BCUT2D eigenvalue weighted by atomic mass is 10.4. The van der Waals surface area contributed by atoms with E-state index in [2.05, 4.69) is 15.1 Å². The molecule has 0 aliphatic rings. The summed E-state index contributed by atoms with van der Waals surface area (Å²) in [5, 5.41) is 4.26. The van der Waals surface area contributed by atoms with Crippen molar-refractivity contribution in [3.63, 3.8) is 0 Å². The van der Waals surface area contributed by atoms with Gasteiger partial charge in [0.2, 0.25) is 0 Å². The predicted octanol–water partition coefficient (Wildman–Crippen LogP) is 0.506. The molecule has 0 atom stereocenters. The van der Waals surface area contributed by atoms with E-state index in [9.17, 15) is 4.79 Å². The highest BCUT2D eigenvalue weighted by Gasteiger charge is 2.08. The van der Waals surface area contributed by atoms with Crippen LogP contribution in [0.1, 0.15) is 5.69 Å². The zero-order valence-corrected chi connectivity index (χ0v) is 9.29. The van der Waals surface area contributed by atoms with Gasteiger partial charge in [-0.3, -0.25) is 14.2 Å². The van der Waals surface area contributed by atoms with Crippen molar-refractivity contribution >= 4 is 11.2 Å². The van der Waals surface area contributed by atoms with E-state index in [1.165, 1.54) is 0 Å². The number of aromatic nitrogens is 5. The van der Waals surface area contributed by atoms with Crippen molar-refractivity contribution in [2.45, 2.75) is 6.54 Å². The summed E-state index contributed by atoms with van der Waals surface area (Å²) in [5.41, 5.74) is 2.08. The Morgan fingerprint density at radius 3 is 3.06 bits per heavy atom. The highest BCUT2D eigenvalue weighted by atomic mass is 16.1. The summed E-state index contributed by atoms with van der Waals surface area (Å²) in [7, 11) is 1.85. The Balaban J connectivity index is 2.11. The lowest BCUT2D eigenvalue weighted by Gasteiger charge is -1.99. The summed E-state index contributed by atoms with van der Waals surface area (Å²) in [4.78, 5) is 18.6. The quantitative estimate of drug-likeness (QED) is 0.696. The summed E-state index contributed by atoms with van der Waals surface area (Å²) >= 11 is 0. The van der Waals surface area contributed by atoms with E-state index in [1.54, 1.807) is 15.4 Å². The average molecular weight is 229 g/mol. The van der Waals surface area contributed by atoms with Crippen LogP contribution in [0.4, 0.5) is 0 Å². The third-order valence-electron chi connectivity index (χ3n) is 2.64. The molecule has 0 amide bonds. The van der Waals surface area contributed by atoms with Crippen LogP contribution in [0.5, 0.6) is 0 Å². The van der Waals surface area contributed by atoms with E-state index in [0.717, 1.165) is 11.2 Å². The zero-order chi connectivity index (χ0) is 11.8. The van der Waals surface area contributed by atoms with E-state index in [4.69, 9.17) is 0 Å². The lowest BCUT2D eigenvalue weighted by molar-refractivity contribution is 0.703. The van der Waals surface area contributed by atoms with Crippen molar-refractivity contribution in [3.8, 4) is 0 Å². The Hall–Kier alpha value is -2.37. The fourth-order valence-electron chi connectivity index (χ4n) is 1.86. The molecule has 0 unspecified atom stereocenters. The number of imidazole rings is 1. The van der Waals surface area contributed by atoms with Crippen LogP contribution in [0.3, 0.4) is 0 Å². The molecule has 3 aromatic heterocycles. The molecule has 6 nitrogen and oxygen atoms in total. The molecule has 6 heteroatoms. The van der Waals surface area contributed by atoms with Gasteiger partial charge in [0, 0.05) is 19.4 Å². The molecule has 0 aliphatic carbocycles. The second-order valence-electron chi connectivity index (χ2n) is 3.87. The SMILES string of the molecule is Cn1ccc(Cn2c(=O)[nH]c3ncccc32)n1. The van der Waals surface area contributed by atoms with Gasteiger partial charge in [0.25, 0.3) is 0 Å². The minimum absolute atomic E-state index is 0.163. The maximum atomic E-state index is 11.8. The van der Waals surface area contributed by atoms with Crippen molar-refractivity contribution in [2.24, 2.45) is 7.05 Å². The zero-order valence-electron chi connectivity index (χ0n) is 9.29. The Morgan fingerprint density at radius 1 is 1.41 bits per heavy atom. The van der Waals surface area contributed by atoms with Crippen LogP contribution in [0, 0.1) is 0 Å². The largest absolute Gasteiger partial charge is 0.328 e. The number of aryl methyl sites for hydroxylation is 1. The number of aromatic amines is 1. The number of H-pyrrole nitrogens is 1. The summed E-state index contributed by atoms with van der Waals surface area (Å²) in [6.45, 7) is 0.450. The molecule has 3 heterocycles. The van der Waals surface area contributed by atoms with Gasteiger partial charge in [-0.1, -0.05) is 0 Å². The van der Waals surface area contributed by atoms with Gasteiger partial charge in [0.1, 0.15) is 0 Å². The molecule has 0 saturated heterocycles. The van der Waals surface area contributed by atoms with Gasteiger partial charge < -0.3 is 0 Å². The van der Waals surface area contributed by atoms with Crippen molar-refractivity contribution in [2.75, 3.05) is 0 Å². The Kier molecular flexibility index (Phi) is 2.07. The molecule has 0 spiro atoms. The van der Waals surface area contributed by atoms with E-state index in [1.807, 2.05) is 31.4 Å². The first kappa shape index (κ1) is 9.83. The number of rotatable bonds is 2. The predicted molar refractivity (Wildman–Crippen MR) is 62.7 cm³/mol. The fraction of sp³-hybridized carbons (Fsp3) is 0.182. The molecule has 3 aromatic rings. The number of nitrogens with one attached hydrogen (secondary N) is 1. The first-order chi connectivity index (χ1) is 8.24. The maximum Gasteiger partial charge on any atom is 0.328 e. The molecular weight excluding hydrogens is 218 g/mol. The number of pyridine rings is 1. The second-order valence-corrected chi connectivity index (χ2v) is 3.87. The van der Waals surface area contributed by atoms with Gasteiger partial charge in [-0.05, 0) is 18.2 Å². The van der Waals surface area contributed by atoms with Crippen LogP contribution in [-0.4, -0.2) is 24.3 Å². The van der Waals surface area contributed by atoms with Crippen LogP contribution in [0.15, 0.2) is 35.4 Å². The van der Waals surface area contributed by atoms with E-state index >= 15 is 0 Å². The van der Waals surface area contributed by atoms with Crippen LogP contribution < -0.4 is 5.69 Å². The van der Waals surface area contributed by atoms with Gasteiger partial charge in [-0.15, -0.1) is 0 Å². The number of nitrogens with zero attached hydrogens (tertiary/aromatic N) is 4. The number of hydrogen-bond donors (Lipinski definition) is 1. The Labute approximate surface area is 96.5 Å². The summed E-state index contributed by atoms with van der Waals surface area (Å²) in [6, 6.07) is 5.56. The topological polar surface area (TPSA) is 68.5 Å². The van der Waals surface area contributed by atoms with Crippen molar-refractivity contribution in [1.82, 2.24) is 24.3 Å². The van der Waals surface area contributed by atoms with Crippen molar-refractivity contribution in [1.29, 1.82) is 0 Å². The van der Waals surface area contributed by atoms with Gasteiger partial charge in [-0.25, -0.2) is 9.78 Å². The van der Waals surface area contributed by atoms with Crippen LogP contribution in [0.2, 0.25) is 0 Å². The fourth-order valence-corrected chi connectivity index (χ4v) is 1.86. The molecule has 86 valence electrons. The highest BCUT2D eigenvalue weighted by Crippen LogP contribution is 2.07. The van der Waals surface area contributed by atoms with Crippen LogP contribution in [0.25, 0.3) is 11.2 Å². The first-order valence-electron chi connectivity index (χ1n) is 5.26. The first-order valence-corrected chi connectivity index (χ1v) is 5.26. The molecule has 17 heavy (non-hydrogen) atoms. The third kappa shape index (κ3) is 1.63. The van der Waals surface area contributed by atoms with Gasteiger partial charge in [0.15, 0.2) is 5.65 Å². The molecule has 0 saturated carbocycles. The monoisotopic (exact) mass is 229 g/mol.